The molecule has 1 aromatic carbocycles. The molecule has 1 atom stereocenters. The number of hydrogen-bond acceptors (Lipinski definition) is 3. The molecule has 3 N–H and O–H groups in total. The van der Waals surface area contributed by atoms with Crippen LogP contribution in [-0.4, -0.2) is 17.7 Å². The van der Waals surface area contributed by atoms with E-state index in [1.807, 2.05) is 30.3 Å². The predicted molar refractivity (Wildman–Crippen MR) is 92.7 cm³/mol. The SMILES string of the molecule is C=CCSc1ccccc1NC(=O)CC(N)CC(C)(C)C. The molecule has 0 aromatic heterocycles. The van der Waals surface area contributed by atoms with E-state index in [4.69, 9.17) is 5.73 Å². The number of nitrogens with two attached hydrogens (primary N) is 1. The summed E-state index contributed by atoms with van der Waals surface area (Å²) in [5, 5.41) is 2.96. The highest BCUT2D eigenvalue weighted by atomic mass is 32.2. The minimum Gasteiger partial charge on any atom is -0.327 e. The van der Waals surface area contributed by atoms with Gasteiger partial charge in [0.2, 0.25) is 5.91 Å². The van der Waals surface area contributed by atoms with Gasteiger partial charge in [0, 0.05) is 23.1 Å². The van der Waals surface area contributed by atoms with Crippen molar-refractivity contribution in [1.29, 1.82) is 0 Å². The van der Waals surface area contributed by atoms with Crippen molar-refractivity contribution in [2.24, 2.45) is 11.1 Å². The molecule has 1 aromatic rings. The normalized spacial score (nSPS) is 12.8. The molecule has 0 spiro atoms. The Morgan fingerprint density at radius 3 is 2.71 bits per heavy atom. The third kappa shape index (κ3) is 7.34. The number of benzene rings is 1. The molecular weight excluding hydrogens is 280 g/mol. The summed E-state index contributed by atoms with van der Waals surface area (Å²) in [7, 11) is 0. The maximum Gasteiger partial charge on any atom is 0.225 e. The van der Waals surface area contributed by atoms with Gasteiger partial charge in [0.05, 0.1) is 5.69 Å². The number of para-hydroxylation sites is 1. The molecule has 0 bridgehead atoms. The Bertz CT molecular complexity index is 480. The molecule has 0 fully saturated rings. The summed E-state index contributed by atoms with van der Waals surface area (Å²) >= 11 is 1.65. The molecule has 0 aliphatic rings. The monoisotopic (exact) mass is 306 g/mol. The number of nitrogens with one attached hydrogen (secondary N) is 1. The molecule has 3 nitrogen and oxygen atoms in total. The first-order chi connectivity index (χ1) is 9.81. The number of rotatable bonds is 7. The summed E-state index contributed by atoms with van der Waals surface area (Å²) in [5.41, 5.74) is 7.03. The number of anilines is 1. The van der Waals surface area contributed by atoms with E-state index in [-0.39, 0.29) is 17.4 Å². The third-order valence-electron chi connectivity index (χ3n) is 2.84. The molecule has 0 aliphatic heterocycles. The quantitative estimate of drug-likeness (QED) is 0.590. The molecule has 116 valence electrons. The Hall–Kier alpha value is -1.26. The van der Waals surface area contributed by atoms with Gasteiger partial charge >= 0.3 is 0 Å². The van der Waals surface area contributed by atoms with Crippen molar-refractivity contribution in [1.82, 2.24) is 0 Å². The molecule has 1 unspecified atom stereocenters. The number of carbonyl (C=O) groups is 1. The van der Waals surface area contributed by atoms with Gasteiger partial charge in [-0.05, 0) is 24.0 Å². The number of thioether (sulfide) groups is 1. The van der Waals surface area contributed by atoms with Gasteiger partial charge in [-0.3, -0.25) is 4.79 Å². The summed E-state index contributed by atoms with van der Waals surface area (Å²) in [6, 6.07) is 7.69. The van der Waals surface area contributed by atoms with Crippen LogP contribution in [-0.2, 0) is 4.79 Å². The highest BCUT2D eigenvalue weighted by molar-refractivity contribution is 7.99. The Labute approximate surface area is 132 Å². The van der Waals surface area contributed by atoms with E-state index in [1.54, 1.807) is 11.8 Å². The summed E-state index contributed by atoms with van der Waals surface area (Å²) in [5.74, 6) is 0.787. The lowest BCUT2D eigenvalue weighted by Gasteiger charge is -2.22. The Morgan fingerprint density at radius 1 is 1.43 bits per heavy atom. The lowest BCUT2D eigenvalue weighted by molar-refractivity contribution is -0.116. The third-order valence-corrected chi connectivity index (χ3v) is 3.91. The van der Waals surface area contributed by atoms with Crippen LogP contribution in [0, 0.1) is 5.41 Å². The van der Waals surface area contributed by atoms with Gasteiger partial charge in [-0.2, -0.15) is 0 Å². The van der Waals surface area contributed by atoms with Crippen molar-refractivity contribution in [3.05, 3.63) is 36.9 Å². The van der Waals surface area contributed by atoms with Gasteiger partial charge in [0.1, 0.15) is 0 Å². The zero-order chi connectivity index (χ0) is 15.9. The first kappa shape index (κ1) is 17.8. The maximum absolute atomic E-state index is 12.1. The Kier molecular flexibility index (Phi) is 6.99. The van der Waals surface area contributed by atoms with Gasteiger partial charge in [0.25, 0.3) is 0 Å². The minimum absolute atomic E-state index is 0.0293. The standard InChI is InChI=1S/C17H26N2OS/c1-5-10-21-15-9-7-6-8-14(15)19-16(20)11-13(18)12-17(2,3)4/h5-9,13H,1,10-12,18H2,2-4H3,(H,19,20). The molecule has 0 saturated carbocycles. The van der Waals surface area contributed by atoms with Crippen LogP contribution in [0.15, 0.2) is 41.8 Å². The molecule has 1 rings (SSSR count). The molecular formula is C17H26N2OS. The lowest BCUT2D eigenvalue weighted by Crippen LogP contribution is -2.31. The fraction of sp³-hybridized carbons (Fsp3) is 0.471. The average Bonchev–Trinajstić information content (AvgIpc) is 2.35. The summed E-state index contributed by atoms with van der Waals surface area (Å²) in [6.45, 7) is 10.1. The minimum atomic E-state index is -0.113. The predicted octanol–water partition coefficient (Wildman–Crippen LogP) is 4.06. The van der Waals surface area contributed by atoms with Crippen molar-refractivity contribution in [2.75, 3.05) is 11.1 Å². The molecule has 21 heavy (non-hydrogen) atoms. The van der Waals surface area contributed by atoms with Crippen LogP contribution >= 0.6 is 11.8 Å². The van der Waals surface area contributed by atoms with Crippen LogP contribution in [0.4, 0.5) is 5.69 Å². The van der Waals surface area contributed by atoms with Gasteiger partial charge in [-0.25, -0.2) is 0 Å². The van der Waals surface area contributed by atoms with E-state index in [0.717, 1.165) is 22.8 Å². The van der Waals surface area contributed by atoms with Gasteiger partial charge < -0.3 is 11.1 Å². The van der Waals surface area contributed by atoms with Crippen LogP contribution < -0.4 is 11.1 Å². The molecule has 0 radical (unpaired) electrons. The summed E-state index contributed by atoms with van der Waals surface area (Å²) in [6.07, 6.45) is 3.02. The first-order valence-corrected chi connectivity index (χ1v) is 8.18. The van der Waals surface area contributed by atoms with Crippen LogP contribution in [0.3, 0.4) is 0 Å². The highest BCUT2D eigenvalue weighted by Crippen LogP contribution is 2.27. The molecule has 0 heterocycles. The second-order valence-electron chi connectivity index (χ2n) is 6.37. The molecule has 4 heteroatoms. The zero-order valence-corrected chi connectivity index (χ0v) is 14.0. The van der Waals surface area contributed by atoms with Crippen LogP contribution in [0.25, 0.3) is 0 Å². The van der Waals surface area contributed by atoms with E-state index in [0.29, 0.717) is 6.42 Å². The smallest absolute Gasteiger partial charge is 0.225 e. The fourth-order valence-corrected chi connectivity index (χ4v) is 2.89. The number of amides is 1. The van der Waals surface area contributed by atoms with Gasteiger partial charge in [-0.15, -0.1) is 18.3 Å². The molecule has 0 aliphatic carbocycles. The molecule has 0 saturated heterocycles. The van der Waals surface area contributed by atoms with Crippen LogP contribution in [0.2, 0.25) is 0 Å². The Morgan fingerprint density at radius 2 is 2.10 bits per heavy atom. The zero-order valence-electron chi connectivity index (χ0n) is 13.2. The highest BCUT2D eigenvalue weighted by Gasteiger charge is 2.18. The topological polar surface area (TPSA) is 55.1 Å². The van der Waals surface area contributed by atoms with Crippen molar-refractivity contribution >= 4 is 23.4 Å². The van der Waals surface area contributed by atoms with Crippen molar-refractivity contribution in [3.8, 4) is 0 Å². The van der Waals surface area contributed by atoms with Crippen LogP contribution in [0.5, 0.6) is 0 Å². The van der Waals surface area contributed by atoms with Crippen LogP contribution in [0.1, 0.15) is 33.6 Å². The van der Waals surface area contributed by atoms with Gasteiger partial charge in [0.15, 0.2) is 0 Å². The maximum atomic E-state index is 12.1. The lowest BCUT2D eigenvalue weighted by atomic mass is 9.87. The second kappa shape index (κ2) is 8.25. The average molecular weight is 306 g/mol. The van der Waals surface area contributed by atoms with Crippen molar-refractivity contribution < 1.29 is 4.79 Å². The summed E-state index contributed by atoms with van der Waals surface area (Å²) in [4.78, 5) is 13.2. The summed E-state index contributed by atoms with van der Waals surface area (Å²) < 4.78 is 0. The van der Waals surface area contributed by atoms with E-state index < -0.39 is 0 Å². The Balaban J connectivity index is 2.60. The second-order valence-corrected chi connectivity index (χ2v) is 7.43. The van der Waals surface area contributed by atoms with E-state index >= 15 is 0 Å². The van der Waals surface area contributed by atoms with Crippen molar-refractivity contribution in [2.45, 2.75) is 44.6 Å². The van der Waals surface area contributed by atoms with Gasteiger partial charge in [-0.1, -0.05) is 39.0 Å². The van der Waals surface area contributed by atoms with E-state index in [9.17, 15) is 4.79 Å². The first-order valence-electron chi connectivity index (χ1n) is 7.20. The van der Waals surface area contributed by atoms with E-state index in [1.165, 1.54) is 0 Å². The molecule has 1 amide bonds. The number of hydrogen-bond donors (Lipinski definition) is 2. The van der Waals surface area contributed by atoms with E-state index in [2.05, 4.69) is 32.7 Å². The number of carbonyl (C=O) groups excluding carboxylic acids is 1. The largest absolute Gasteiger partial charge is 0.327 e. The van der Waals surface area contributed by atoms with Crippen molar-refractivity contribution in [3.63, 3.8) is 0 Å². The fourth-order valence-electron chi connectivity index (χ4n) is 2.14.